The van der Waals surface area contributed by atoms with Crippen molar-refractivity contribution in [2.75, 3.05) is 20.8 Å². The second kappa shape index (κ2) is 9.91. The van der Waals surface area contributed by atoms with Crippen molar-refractivity contribution in [3.05, 3.63) is 102 Å². The van der Waals surface area contributed by atoms with Gasteiger partial charge in [0.15, 0.2) is 6.61 Å². The molecule has 0 saturated heterocycles. The summed E-state index contributed by atoms with van der Waals surface area (Å²) in [5.74, 6) is -0.645. The largest absolute Gasteiger partial charge is 0.496 e. The van der Waals surface area contributed by atoms with Gasteiger partial charge in [0.2, 0.25) is 5.60 Å². The molecule has 3 aromatic rings. The summed E-state index contributed by atoms with van der Waals surface area (Å²) in [6, 6.07) is 24.4. The van der Waals surface area contributed by atoms with E-state index in [1.165, 1.54) is 4.90 Å². The zero-order chi connectivity index (χ0) is 22.3. The van der Waals surface area contributed by atoms with E-state index in [0.717, 1.165) is 5.56 Å². The Morgan fingerprint density at radius 1 is 0.871 bits per heavy atom. The lowest BCUT2D eigenvalue weighted by Crippen LogP contribution is -2.40. The van der Waals surface area contributed by atoms with E-state index in [0.29, 0.717) is 23.4 Å². The van der Waals surface area contributed by atoms with Crippen LogP contribution in [0.15, 0.2) is 84.9 Å². The van der Waals surface area contributed by atoms with Gasteiger partial charge in [-0.2, -0.15) is 0 Å². The molecule has 0 atom stereocenters. The monoisotopic (exact) mass is 419 g/mol. The number of carbonyl (C=O) groups excluding carboxylic acids is 2. The lowest BCUT2D eigenvalue weighted by molar-refractivity contribution is -0.166. The number of methoxy groups -OCH3 is 1. The quantitative estimate of drug-likeness (QED) is 0.568. The van der Waals surface area contributed by atoms with Gasteiger partial charge in [0, 0.05) is 19.2 Å². The topological polar surface area (TPSA) is 76.1 Å². The van der Waals surface area contributed by atoms with Crippen LogP contribution in [0.25, 0.3) is 0 Å². The lowest BCUT2D eigenvalue weighted by atomic mass is 9.86. The molecule has 0 saturated carbocycles. The number of amides is 1. The van der Waals surface area contributed by atoms with Crippen molar-refractivity contribution < 1.29 is 24.2 Å². The van der Waals surface area contributed by atoms with Gasteiger partial charge in [-0.15, -0.1) is 0 Å². The van der Waals surface area contributed by atoms with E-state index >= 15 is 0 Å². The van der Waals surface area contributed by atoms with Crippen LogP contribution in [0.3, 0.4) is 0 Å². The highest BCUT2D eigenvalue weighted by molar-refractivity contribution is 5.88. The molecule has 0 bridgehead atoms. The highest BCUT2D eigenvalue weighted by Crippen LogP contribution is 2.31. The Morgan fingerprint density at radius 3 is 1.94 bits per heavy atom. The first-order chi connectivity index (χ1) is 15.0. The van der Waals surface area contributed by atoms with Crippen molar-refractivity contribution in [2.45, 2.75) is 12.1 Å². The average molecular weight is 419 g/mol. The minimum atomic E-state index is -2.02. The van der Waals surface area contributed by atoms with Gasteiger partial charge in [0.1, 0.15) is 5.75 Å². The third kappa shape index (κ3) is 4.92. The third-order valence-corrected chi connectivity index (χ3v) is 5.03. The SMILES string of the molecule is COc1ccccc1CN(C)C(=O)COC(=O)C(O)(c1ccccc1)c1ccccc1. The smallest absolute Gasteiger partial charge is 0.348 e. The maximum atomic E-state index is 13.0. The molecular formula is C25H25NO5. The van der Waals surface area contributed by atoms with Gasteiger partial charge in [-0.25, -0.2) is 4.79 Å². The number of likely N-dealkylation sites (N-methyl/N-ethyl adjacent to an activating group) is 1. The Kier molecular flexibility index (Phi) is 7.05. The Bertz CT molecular complexity index is 981. The number of aliphatic hydroxyl groups is 1. The maximum Gasteiger partial charge on any atom is 0.348 e. The lowest BCUT2D eigenvalue weighted by Gasteiger charge is -2.27. The first-order valence-electron chi connectivity index (χ1n) is 9.83. The normalized spacial score (nSPS) is 10.9. The van der Waals surface area contributed by atoms with Crippen molar-refractivity contribution in [3.63, 3.8) is 0 Å². The number of nitrogens with zero attached hydrogens (tertiary/aromatic N) is 1. The second-order valence-corrected chi connectivity index (χ2v) is 7.08. The molecule has 3 rings (SSSR count). The van der Waals surface area contributed by atoms with Crippen LogP contribution in [-0.4, -0.2) is 42.6 Å². The summed E-state index contributed by atoms with van der Waals surface area (Å²) < 4.78 is 10.6. The zero-order valence-corrected chi connectivity index (χ0v) is 17.5. The number of hydrogen-bond donors (Lipinski definition) is 1. The number of rotatable bonds is 8. The van der Waals surface area contributed by atoms with Gasteiger partial charge in [0.05, 0.1) is 7.11 Å². The van der Waals surface area contributed by atoms with Gasteiger partial charge in [0.25, 0.3) is 5.91 Å². The molecule has 1 N–H and O–H groups in total. The van der Waals surface area contributed by atoms with Crippen molar-refractivity contribution in [3.8, 4) is 5.75 Å². The van der Waals surface area contributed by atoms with Crippen molar-refractivity contribution in [2.24, 2.45) is 0 Å². The predicted octanol–water partition coefficient (Wildman–Crippen LogP) is 3.13. The summed E-state index contributed by atoms with van der Waals surface area (Å²) in [6.07, 6.45) is 0. The van der Waals surface area contributed by atoms with Crippen LogP contribution < -0.4 is 4.74 Å². The minimum Gasteiger partial charge on any atom is -0.496 e. The van der Waals surface area contributed by atoms with Crippen molar-refractivity contribution in [1.29, 1.82) is 0 Å². The summed E-state index contributed by atoms with van der Waals surface area (Å²) in [6.45, 7) is -0.200. The van der Waals surface area contributed by atoms with Gasteiger partial charge >= 0.3 is 5.97 Å². The molecule has 1 amide bonds. The van der Waals surface area contributed by atoms with E-state index < -0.39 is 24.1 Å². The molecule has 6 heteroatoms. The summed E-state index contributed by atoms with van der Waals surface area (Å²) in [5.41, 5.74) is -0.469. The van der Waals surface area contributed by atoms with Crippen LogP contribution in [-0.2, 0) is 26.5 Å². The molecule has 3 aromatic carbocycles. The third-order valence-electron chi connectivity index (χ3n) is 5.03. The summed E-state index contributed by atoms with van der Waals surface area (Å²) >= 11 is 0. The number of para-hydroxylation sites is 1. The fourth-order valence-electron chi connectivity index (χ4n) is 3.28. The first kappa shape index (κ1) is 22.1. The molecule has 0 heterocycles. The molecule has 6 nitrogen and oxygen atoms in total. The highest BCUT2D eigenvalue weighted by atomic mass is 16.6. The second-order valence-electron chi connectivity index (χ2n) is 7.08. The Balaban J connectivity index is 1.73. The van der Waals surface area contributed by atoms with E-state index in [9.17, 15) is 14.7 Å². The molecule has 0 aliphatic heterocycles. The van der Waals surface area contributed by atoms with Crippen LogP contribution in [0.1, 0.15) is 16.7 Å². The fraction of sp³-hybridized carbons (Fsp3) is 0.200. The van der Waals surface area contributed by atoms with Crippen molar-refractivity contribution in [1.82, 2.24) is 4.90 Å². The van der Waals surface area contributed by atoms with E-state index in [4.69, 9.17) is 9.47 Å². The Hall–Kier alpha value is -3.64. The number of esters is 1. The summed E-state index contributed by atoms with van der Waals surface area (Å²) in [5, 5.41) is 11.4. The van der Waals surface area contributed by atoms with Crippen LogP contribution in [0.4, 0.5) is 0 Å². The van der Waals surface area contributed by atoms with Crippen LogP contribution in [0.2, 0.25) is 0 Å². The molecule has 0 spiro atoms. The average Bonchev–Trinajstić information content (AvgIpc) is 2.83. The van der Waals surface area contributed by atoms with E-state index in [1.807, 2.05) is 24.3 Å². The van der Waals surface area contributed by atoms with Crippen LogP contribution >= 0.6 is 0 Å². The van der Waals surface area contributed by atoms with Crippen LogP contribution in [0, 0.1) is 0 Å². The summed E-state index contributed by atoms with van der Waals surface area (Å²) in [7, 11) is 3.18. The van der Waals surface area contributed by atoms with Gasteiger partial charge in [-0.3, -0.25) is 4.79 Å². The van der Waals surface area contributed by atoms with Crippen molar-refractivity contribution >= 4 is 11.9 Å². The van der Waals surface area contributed by atoms with Crippen LogP contribution in [0.5, 0.6) is 5.75 Å². The van der Waals surface area contributed by atoms with Gasteiger partial charge in [-0.05, 0) is 17.2 Å². The van der Waals surface area contributed by atoms with Gasteiger partial charge in [-0.1, -0.05) is 78.9 Å². The molecule has 0 aliphatic carbocycles. The molecule has 0 fully saturated rings. The van der Waals surface area contributed by atoms with E-state index in [1.54, 1.807) is 74.8 Å². The summed E-state index contributed by atoms with van der Waals surface area (Å²) in [4.78, 5) is 27.0. The van der Waals surface area contributed by atoms with E-state index in [2.05, 4.69) is 0 Å². The number of benzene rings is 3. The number of carbonyl (C=O) groups is 2. The zero-order valence-electron chi connectivity index (χ0n) is 17.5. The Labute approximate surface area is 181 Å². The standard InChI is InChI=1S/C25H25NO5/c1-26(17-19-11-9-10-16-22(19)30-2)23(27)18-31-24(28)25(29,20-12-5-3-6-13-20)21-14-7-4-8-15-21/h3-16,29H,17-18H2,1-2H3. The maximum absolute atomic E-state index is 13.0. The minimum absolute atomic E-state index is 0.294. The number of ether oxygens (including phenoxy) is 2. The Morgan fingerprint density at radius 2 is 1.39 bits per heavy atom. The fourth-order valence-corrected chi connectivity index (χ4v) is 3.28. The molecule has 0 aromatic heterocycles. The number of hydrogen-bond acceptors (Lipinski definition) is 5. The van der Waals surface area contributed by atoms with E-state index in [-0.39, 0.29) is 0 Å². The van der Waals surface area contributed by atoms with Gasteiger partial charge < -0.3 is 19.5 Å². The molecule has 0 aliphatic rings. The molecule has 0 radical (unpaired) electrons. The first-order valence-corrected chi connectivity index (χ1v) is 9.83. The predicted molar refractivity (Wildman–Crippen MR) is 116 cm³/mol. The molecule has 0 unspecified atom stereocenters. The molecular weight excluding hydrogens is 394 g/mol. The molecule has 31 heavy (non-hydrogen) atoms. The molecule has 160 valence electrons. The highest BCUT2D eigenvalue weighted by Gasteiger charge is 2.41.